The van der Waals surface area contributed by atoms with E-state index < -0.39 is 23.4 Å². The number of non-ortho nitro benzene ring substituents is 1. The highest BCUT2D eigenvalue weighted by Crippen LogP contribution is 2.32. The first-order valence-electron chi connectivity index (χ1n) is 8.02. The summed E-state index contributed by atoms with van der Waals surface area (Å²) in [6, 6.07) is 3.71. The number of nitro benzene ring substituents is 1. The number of carbonyl (C=O) groups excluding carboxylic acids is 2. The van der Waals surface area contributed by atoms with E-state index in [1.165, 1.54) is 12.1 Å². The third-order valence-electron chi connectivity index (χ3n) is 3.91. The second kappa shape index (κ2) is 8.43. The summed E-state index contributed by atoms with van der Waals surface area (Å²) in [5.74, 6) is -0.785. The molecule has 1 fully saturated rings. The minimum Gasteiger partial charge on any atom is -0.452 e. The van der Waals surface area contributed by atoms with Crippen LogP contribution in [0.25, 0.3) is 0 Å². The number of carbonyl (C=O) groups is 2. The number of rotatable bonds is 9. The van der Waals surface area contributed by atoms with Crippen molar-refractivity contribution in [1.82, 2.24) is 5.32 Å². The van der Waals surface area contributed by atoms with Gasteiger partial charge in [-0.15, -0.1) is 0 Å². The lowest BCUT2D eigenvalue weighted by atomic mass is 10.1. The van der Waals surface area contributed by atoms with Crippen molar-refractivity contribution in [1.29, 1.82) is 0 Å². The number of hydrogen-bond donors (Lipinski definition) is 3. The van der Waals surface area contributed by atoms with Crippen molar-refractivity contribution in [2.75, 3.05) is 25.1 Å². The van der Waals surface area contributed by atoms with Crippen LogP contribution in [-0.2, 0) is 9.53 Å². The van der Waals surface area contributed by atoms with Gasteiger partial charge in [-0.3, -0.25) is 14.9 Å². The van der Waals surface area contributed by atoms with E-state index in [4.69, 9.17) is 9.84 Å². The van der Waals surface area contributed by atoms with Crippen LogP contribution in [-0.4, -0.2) is 47.7 Å². The van der Waals surface area contributed by atoms with E-state index in [2.05, 4.69) is 10.6 Å². The molecule has 1 aliphatic rings. The summed E-state index contributed by atoms with van der Waals surface area (Å²) < 4.78 is 4.97. The summed E-state index contributed by atoms with van der Waals surface area (Å²) in [7, 11) is 0. The summed E-state index contributed by atoms with van der Waals surface area (Å²) in [4.78, 5) is 34.3. The first kappa shape index (κ1) is 18.7. The average molecular weight is 351 g/mol. The van der Waals surface area contributed by atoms with Gasteiger partial charge in [-0.1, -0.05) is 0 Å². The van der Waals surface area contributed by atoms with Crippen molar-refractivity contribution in [2.24, 2.45) is 5.92 Å². The zero-order valence-corrected chi connectivity index (χ0v) is 13.9. The van der Waals surface area contributed by atoms with Crippen LogP contribution in [0, 0.1) is 16.0 Å². The molecule has 1 aromatic carbocycles. The molecule has 1 atom stereocenters. The van der Waals surface area contributed by atoms with E-state index in [1.807, 2.05) is 6.92 Å². The van der Waals surface area contributed by atoms with E-state index in [0.29, 0.717) is 5.92 Å². The lowest BCUT2D eigenvalue weighted by Gasteiger charge is -2.14. The van der Waals surface area contributed by atoms with E-state index in [9.17, 15) is 19.7 Å². The summed E-state index contributed by atoms with van der Waals surface area (Å²) in [6.07, 6.45) is 2.16. The molecule has 136 valence electrons. The summed E-state index contributed by atoms with van der Waals surface area (Å²) >= 11 is 0. The number of nitrogens with zero attached hydrogens (tertiary/aromatic N) is 1. The molecule has 0 heterocycles. The van der Waals surface area contributed by atoms with Crippen LogP contribution >= 0.6 is 0 Å². The summed E-state index contributed by atoms with van der Waals surface area (Å²) in [5, 5.41) is 25.3. The zero-order valence-electron chi connectivity index (χ0n) is 13.9. The van der Waals surface area contributed by atoms with E-state index >= 15 is 0 Å². The molecule has 25 heavy (non-hydrogen) atoms. The standard InChI is InChI=1S/C16H21N3O6/c1-10(11-2-3-11)18-15(21)9-25-16(22)13-8-12(19(23)24)4-5-14(13)17-6-7-20/h4-5,8,10-11,17,20H,2-3,6-7,9H2,1H3,(H,18,21)/t10-/m1/s1. The van der Waals surface area contributed by atoms with Crippen LogP contribution in [0.1, 0.15) is 30.1 Å². The van der Waals surface area contributed by atoms with E-state index in [0.717, 1.165) is 18.9 Å². The maximum atomic E-state index is 12.2. The van der Waals surface area contributed by atoms with Crippen molar-refractivity contribution in [2.45, 2.75) is 25.8 Å². The number of nitrogens with one attached hydrogen (secondary N) is 2. The molecule has 1 aromatic rings. The van der Waals surface area contributed by atoms with Crippen LogP contribution in [0.5, 0.6) is 0 Å². The third kappa shape index (κ3) is 5.42. The minimum atomic E-state index is -0.849. The maximum absolute atomic E-state index is 12.2. The Bertz CT molecular complexity index is 659. The Morgan fingerprint density at radius 3 is 2.76 bits per heavy atom. The van der Waals surface area contributed by atoms with Gasteiger partial charge in [0.1, 0.15) is 0 Å². The molecular formula is C16H21N3O6. The Balaban J connectivity index is 2.01. The second-order valence-electron chi connectivity index (χ2n) is 5.91. The number of benzene rings is 1. The lowest BCUT2D eigenvalue weighted by Crippen LogP contribution is -2.37. The van der Waals surface area contributed by atoms with Crippen molar-refractivity contribution in [3.63, 3.8) is 0 Å². The maximum Gasteiger partial charge on any atom is 0.341 e. The number of anilines is 1. The van der Waals surface area contributed by atoms with Gasteiger partial charge in [-0.05, 0) is 31.7 Å². The van der Waals surface area contributed by atoms with Gasteiger partial charge in [-0.25, -0.2) is 4.79 Å². The van der Waals surface area contributed by atoms with Crippen molar-refractivity contribution in [3.05, 3.63) is 33.9 Å². The van der Waals surface area contributed by atoms with E-state index in [1.54, 1.807) is 0 Å². The Morgan fingerprint density at radius 2 is 2.16 bits per heavy atom. The second-order valence-corrected chi connectivity index (χ2v) is 5.91. The van der Waals surface area contributed by atoms with Crippen molar-refractivity contribution >= 4 is 23.3 Å². The number of aliphatic hydroxyl groups excluding tert-OH is 1. The number of hydrogen-bond acceptors (Lipinski definition) is 7. The highest BCUT2D eigenvalue weighted by molar-refractivity contribution is 5.97. The highest BCUT2D eigenvalue weighted by atomic mass is 16.6. The van der Waals surface area contributed by atoms with Crippen LogP contribution in [0.15, 0.2) is 18.2 Å². The van der Waals surface area contributed by atoms with Gasteiger partial charge in [0.05, 0.1) is 17.1 Å². The van der Waals surface area contributed by atoms with Gasteiger partial charge in [0, 0.05) is 30.4 Å². The minimum absolute atomic E-state index is 0.0331. The number of aliphatic hydroxyl groups is 1. The molecule has 0 radical (unpaired) electrons. The SMILES string of the molecule is C[C@@H](NC(=O)COC(=O)c1cc([N+](=O)[O-])ccc1NCCO)C1CC1. The van der Waals surface area contributed by atoms with Gasteiger partial charge in [0.2, 0.25) is 0 Å². The molecule has 0 unspecified atom stereocenters. The fraction of sp³-hybridized carbons (Fsp3) is 0.500. The third-order valence-corrected chi connectivity index (χ3v) is 3.91. The largest absolute Gasteiger partial charge is 0.452 e. The number of esters is 1. The monoisotopic (exact) mass is 351 g/mol. The molecule has 0 aliphatic heterocycles. The fourth-order valence-corrected chi connectivity index (χ4v) is 2.38. The quantitative estimate of drug-likeness (QED) is 0.344. The van der Waals surface area contributed by atoms with Gasteiger partial charge in [0.25, 0.3) is 11.6 Å². The molecule has 0 bridgehead atoms. The summed E-state index contributed by atoms with van der Waals surface area (Å²) in [6.45, 7) is 1.43. The average Bonchev–Trinajstić information content (AvgIpc) is 3.42. The highest BCUT2D eigenvalue weighted by Gasteiger charge is 2.29. The van der Waals surface area contributed by atoms with Gasteiger partial charge in [0.15, 0.2) is 6.61 Å². The Morgan fingerprint density at radius 1 is 1.44 bits per heavy atom. The van der Waals surface area contributed by atoms with Crippen LogP contribution in [0.4, 0.5) is 11.4 Å². The topological polar surface area (TPSA) is 131 Å². The van der Waals surface area contributed by atoms with E-state index in [-0.39, 0.29) is 36.1 Å². The molecule has 0 spiro atoms. The predicted molar refractivity (Wildman–Crippen MR) is 89.3 cm³/mol. The molecule has 9 nitrogen and oxygen atoms in total. The molecular weight excluding hydrogens is 330 g/mol. The summed E-state index contributed by atoms with van der Waals surface area (Å²) in [5.41, 5.74) is -0.0459. The fourth-order valence-electron chi connectivity index (χ4n) is 2.38. The Labute approximate surface area is 144 Å². The lowest BCUT2D eigenvalue weighted by molar-refractivity contribution is -0.384. The normalized spacial score (nSPS) is 14.5. The first-order valence-corrected chi connectivity index (χ1v) is 8.02. The van der Waals surface area contributed by atoms with Crippen LogP contribution < -0.4 is 10.6 Å². The molecule has 9 heteroatoms. The van der Waals surface area contributed by atoms with Crippen LogP contribution in [0.3, 0.4) is 0 Å². The molecule has 3 N–H and O–H groups in total. The number of nitro groups is 1. The van der Waals surface area contributed by atoms with Gasteiger partial charge >= 0.3 is 5.97 Å². The predicted octanol–water partition coefficient (Wildman–Crippen LogP) is 1.07. The Kier molecular flexibility index (Phi) is 6.29. The molecule has 1 saturated carbocycles. The molecule has 0 saturated heterocycles. The molecule has 1 aliphatic carbocycles. The van der Waals surface area contributed by atoms with Gasteiger partial charge < -0.3 is 20.5 Å². The first-order chi connectivity index (χ1) is 11.9. The van der Waals surface area contributed by atoms with Crippen LogP contribution in [0.2, 0.25) is 0 Å². The molecule has 1 amide bonds. The smallest absolute Gasteiger partial charge is 0.341 e. The Hall–Kier alpha value is -2.68. The number of amides is 1. The zero-order chi connectivity index (χ0) is 18.4. The van der Waals surface area contributed by atoms with Crippen molar-refractivity contribution in [3.8, 4) is 0 Å². The molecule has 0 aromatic heterocycles. The number of ether oxygens (including phenoxy) is 1. The van der Waals surface area contributed by atoms with Crippen molar-refractivity contribution < 1.29 is 24.4 Å². The van der Waals surface area contributed by atoms with Gasteiger partial charge in [-0.2, -0.15) is 0 Å². The molecule has 2 rings (SSSR count).